The second-order valence-corrected chi connectivity index (χ2v) is 23.8. The van der Waals surface area contributed by atoms with Gasteiger partial charge in [-0.2, -0.15) is 0 Å². The average Bonchev–Trinajstić information content (AvgIpc) is 1.60. The molecule has 1 saturated carbocycles. The molecule has 11 amide bonds. The number of alkyl halides is 2. The number of aliphatic hydroxyl groups is 2. The zero-order valence-corrected chi connectivity index (χ0v) is 53.5. The first-order chi connectivity index (χ1) is 42.6. The molecule has 27 nitrogen and oxygen atoms in total. The number of esters is 1. The van der Waals surface area contributed by atoms with E-state index in [0.29, 0.717) is 19.3 Å². The Bertz CT molecular complexity index is 2610. The number of likely N-dealkylation sites (N-methyl/N-ethyl adjacent to an activating group) is 1. The number of nitrogens with two attached hydrogens (primary N) is 1. The van der Waals surface area contributed by atoms with E-state index in [1.807, 2.05) is 37.3 Å². The van der Waals surface area contributed by atoms with Gasteiger partial charge in [-0.1, -0.05) is 130 Å². The molecule has 0 bridgehead atoms. The molecule has 0 radical (unpaired) electrons. The Kier molecular flexibility index (Phi) is 32.2. The fourth-order valence-electron chi connectivity index (χ4n) is 10.2. The molecule has 1 saturated heterocycles. The van der Waals surface area contributed by atoms with Crippen molar-refractivity contribution in [3.8, 4) is 0 Å². The third kappa shape index (κ3) is 23.1. The molecule has 1 heterocycles. The number of carbonyl (C=O) groups is 12. The maximum atomic E-state index is 14.4. The van der Waals surface area contributed by atoms with Crippen LogP contribution in [-0.2, 0) is 68.7 Å². The molecule has 1 aliphatic heterocycles. The highest BCUT2D eigenvalue weighted by molar-refractivity contribution is 6.01. The van der Waals surface area contributed by atoms with Crippen molar-refractivity contribution in [1.82, 2.24) is 58.5 Å². The van der Waals surface area contributed by atoms with Gasteiger partial charge in [-0.3, -0.25) is 52.7 Å². The smallest absolute Gasteiger partial charge is 0.329 e. The Labute approximate surface area is 525 Å². The van der Waals surface area contributed by atoms with Crippen molar-refractivity contribution in [1.29, 1.82) is 0 Å². The molecule has 1 aromatic carbocycles. The zero-order chi connectivity index (χ0) is 67.6. The van der Waals surface area contributed by atoms with Gasteiger partial charge >= 0.3 is 5.97 Å². The van der Waals surface area contributed by atoms with Crippen LogP contribution in [0.2, 0.25) is 0 Å². The van der Waals surface area contributed by atoms with Crippen molar-refractivity contribution in [3.63, 3.8) is 0 Å². The molecule has 0 aromatic heterocycles. The number of hydrogen-bond acceptors (Lipinski definition) is 16. The second-order valence-electron chi connectivity index (χ2n) is 23.8. The van der Waals surface area contributed by atoms with Crippen molar-refractivity contribution < 1.29 is 81.3 Å². The van der Waals surface area contributed by atoms with Gasteiger partial charge in [0.15, 0.2) is 0 Å². The molecule has 1 aliphatic carbocycles. The predicted molar refractivity (Wildman–Crippen MR) is 326 cm³/mol. The van der Waals surface area contributed by atoms with E-state index in [9.17, 15) is 76.5 Å². The number of cyclic esters (lactones) is 1. The molecular formula is C61H98F2N12O15. The molecular weight excluding hydrogens is 1180 g/mol. The number of ether oxygens (including phenoxy) is 1. The maximum Gasteiger partial charge on any atom is 0.329 e. The summed E-state index contributed by atoms with van der Waals surface area (Å²) in [6.07, 6.45) is -0.830. The van der Waals surface area contributed by atoms with Crippen molar-refractivity contribution >= 4 is 70.9 Å². The number of carbonyl (C=O) groups excluding carboxylic acids is 12. The fraction of sp³-hybridized carbons (Fsp3) is 0.705. The average molecular weight is 1280 g/mol. The van der Waals surface area contributed by atoms with Gasteiger partial charge in [0.25, 0.3) is 0 Å². The summed E-state index contributed by atoms with van der Waals surface area (Å²) in [5, 5.41) is 49.1. The SMILES string of the molecule is CCCCCCC[C@H](NC(=O)[C@@H](Cc1ccccc1)NC)C(=O)N[C@@H](CO)C(=O)N[C@H](CCC(N)=O)C(=O)N[C@@H](C(=O)N[C@H](C(=O)N[C@@H](CO)C(=O)N[C@H]1C(=O)N[C@@H](C)C(=O)NC2(C[C@H]2CC(F)F)C(=O)N[C@@H]([C@@H](C)CC)C(=O)O[C@H]1C)[C@@H](C)CC)[C@@H](C)CC. The van der Waals surface area contributed by atoms with Gasteiger partial charge < -0.3 is 79.2 Å². The number of halogens is 2. The van der Waals surface area contributed by atoms with Crippen LogP contribution in [0.3, 0.4) is 0 Å². The zero-order valence-electron chi connectivity index (χ0n) is 53.5. The summed E-state index contributed by atoms with van der Waals surface area (Å²) in [6, 6.07) is -5.48. The Hall–Kier alpha value is -7.40. The normalized spacial score (nSPS) is 22.8. The summed E-state index contributed by atoms with van der Waals surface area (Å²) in [5.74, 6) is -14.4. The highest BCUT2D eigenvalue weighted by atomic mass is 19.3. The minimum absolute atomic E-state index is 0.183. The van der Waals surface area contributed by atoms with Crippen molar-refractivity contribution in [2.45, 2.75) is 231 Å². The van der Waals surface area contributed by atoms with Crippen LogP contribution >= 0.6 is 0 Å². The summed E-state index contributed by atoms with van der Waals surface area (Å²) in [5.41, 5.74) is 4.49. The first-order valence-electron chi connectivity index (χ1n) is 31.3. The third-order valence-corrected chi connectivity index (χ3v) is 16.9. The van der Waals surface area contributed by atoms with Crippen LogP contribution in [0.1, 0.15) is 151 Å². The van der Waals surface area contributed by atoms with Crippen LogP contribution in [0.15, 0.2) is 30.3 Å². The van der Waals surface area contributed by atoms with E-state index >= 15 is 0 Å². The van der Waals surface area contributed by atoms with Gasteiger partial charge in [0, 0.05) is 12.8 Å². The molecule has 2 fully saturated rings. The van der Waals surface area contributed by atoms with E-state index in [4.69, 9.17) is 10.5 Å². The molecule has 2 aliphatic rings. The van der Waals surface area contributed by atoms with E-state index in [-0.39, 0.29) is 25.7 Å². The lowest BCUT2D eigenvalue weighted by molar-refractivity contribution is -0.157. The van der Waals surface area contributed by atoms with E-state index < -0.39 is 206 Å². The van der Waals surface area contributed by atoms with Crippen LogP contribution in [0.5, 0.6) is 0 Å². The summed E-state index contributed by atoms with van der Waals surface area (Å²) < 4.78 is 32.8. The van der Waals surface area contributed by atoms with Gasteiger partial charge in [0.05, 0.1) is 19.3 Å². The second kappa shape index (κ2) is 37.7. The van der Waals surface area contributed by atoms with Crippen LogP contribution in [0.4, 0.5) is 8.78 Å². The highest BCUT2D eigenvalue weighted by Crippen LogP contribution is 2.48. The van der Waals surface area contributed by atoms with E-state index in [2.05, 4.69) is 58.5 Å². The first-order valence-corrected chi connectivity index (χ1v) is 31.3. The summed E-state index contributed by atoms with van der Waals surface area (Å²) in [6.45, 7) is 12.3. The number of rotatable bonds is 36. The first kappa shape index (κ1) is 76.8. The van der Waals surface area contributed by atoms with Crippen molar-refractivity contribution in [2.24, 2.45) is 29.4 Å². The Morgan fingerprint density at radius 1 is 0.656 bits per heavy atom. The van der Waals surface area contributed by atoms with E-state index in [0.717, 1.165) is 31.2 Å². The Balaban J connectivity index is 1.86. The van der Waals surface area contributed by atoms with Gasteiger partial charge in [-0.25, -0.2) is 13.6 Å². The monoisotopic (exact) mass is 1280 g/mol. The molecule has 3 rings (SSSR count). The Morgan fingerprint density at radius 3 is 1.71 bits per heavy atom. The Morgan fingerprint density at radius 2 is 1.17 bits per heavy atom. The van der Waals surface area contributed by atoms with Gasteiger partial charge in [0.1, 0.15) is 66.0 Å². The predicted octanol–water partition coefficient (Wildman–Crippen LogP) is -0.576. The lowest BCUT2D eigenvalue weighted by Crippen LogP contribution is -2.63. The number of benzene rings is 1. The lowest BCUT2D eigenvalue weighted by atomic mass is 9.94. The largest absolute Gasteiger partial charge is 0.458 e. The van der Waals surface area contributed by atoms with Crippen LogP contribution in [0.25, 0.3) is 0 Å². The molecule has 29 heteroatoms. The highest BCUT2D eigenvalue weighted by Gasteiger charge is 2.62. The van der Waals surface area contributed by atoms with Gasteiger partial charge in [0.2, 0.25) is 71.4 Å². The van der Waals surface area contributed by atoms with Crippen molar-refractivity contribution in [2.75, 3.05) is 20.3 Å². The summed E-state index contributed by atoms with van der Waals surface area (Å²) >= 11 is 0. The number of hydrogen-bond donors (Lipinski definition) is 14. The summed E-state index contributed by atoms with van der Waals surface area (Å²) in [4.78, 5) is 166. The minimum atomic E-state index is -2.83. The summed E-state index contributed by atoms with van der Waals surface area (Å²) in [7, 11) is 1.60. The topological polar surface area (TPSA) is 413 Å². The van der Waals surface area contributed by atoms with Crippen LogP contribution in [-0.4, -0.2) is 180 Å². The number of primary amides is 1. The molecule has 90 heavy (non-hydrogen) atoms. The van der Waals surface area contributed by atoms with Crippen LogP contribution < -0.4 is 64.2 Å². The van der Waals surface area contributed by atoms with Crippen molar-refractivity contribution in [3.05, 3.63) is 35.9 Å². The number of amides is 11. The molecule has 1 aromatic rings. The fourth-order valence-corrected chi connectivity index (χ4v) is 10.2. The maximum absolute atomic E-state index is 14.4. The minimum Gasteiger partial charge on any atom is -0.458 e. The van der Waals surface area contributed by atoms with Crippen LogP contribution in [0, 0.1) is 23.7 Å². The van der Waals surface area contributed by atoms with E-state index in [1.165, 1.54) is 13.8 Å². The molecule has 1 spiro atoms. The van der Waals surface area contributed by atoms with E-state index in [1.54, 1.807) is 48.6 Å². The number of unbranched alkanes of at least 4 members (excludes halogenated alkanes) is 4. The lowest BCUT2D eigenvalue weighted by Gasteiger charge is -2.31. The van der Waals surface area contributed by atoms with Gasteiger partial charge in [-0.15, -0.1) is 0 Å². The van der Waals surface area contributed by atoms with Gasteiger partial charge in [-0.05, 0) is 75.8 Å². The third-order valence-electron chi connectivity index (χ3n) is 16.9. The number of aliphatic hydroxyl groups excluding tert-OH is 2. The standard InChI is InChI=1S/C61H98F2N12O15/c1-11-15-16-17-21-24-39(67-53(82)41(65-10)27-37-22-19-18-20-23-37)51(80)69-42(30-76)54(83)68-40(25-26-45(64)78)52(81)71-47(33(6)13-3)57(86)72-46(32(5)12-2)56(85)70-43(31-77)55(84)73-49-36(9)90-59(88)48(34(7)14-4)74-60(89)61(29-38(61)28-44(62)63)75-50(79)35(8)66-58(49)87/h18-20,22-23,32-36,38-44,46-49,65,76-77H,11-17,21,24-31H2,1-10H3,(H2,64,78)(H,66,87)(H,67,82)(H,68,83)(H,69,80)(H,70,85)(H,71,81)(H,72,86)(H,73,84)(H,74,89)(H,75,79)/t32-,33-,34-,35-,36-,38+,39-,40+,41+,42-,43-,46-,47+,48-,49+,61?/m0/s1. The molecule has 15 N–H and O–H groups in total. The molecule has 16 atom stereocenters. The molecule has 506 valence electrons. The quantitative estimate of drug-likeness (QED) is 0.0295. The number of nitrogens with one attached hydrogen (secondary N) is 11. The molecule has 1 unspecified atom stereocenters.